The predicted molar refractivity (Wildman–Crippen MR) is 107 cm³/mol. The van der Waals surface area contributed by atoms with Crippen molar-refractivity contribution in [2.75, 3.05) is 39.4 Å². The number of aromatic hydroxyl groups is 1. The Labute approximate surface area is 166 Å². The third kappa shape index (κ3) is 3.62. The molecule has 6 nitrogen and oxygen atoms in total. The number of phenolic OH excluding ortho intramolecular Hbond substituents is 1. The van der Waals surface area contributed by atoms with E-state index in [0.29, 0.717) is 11.6 Å². The number of phenols is 1. The molecule has 5 rings (SSSR count). The standard InChI is InChI=1S/C22H29N3O3/c26-20-3-1-2-17-4-5-18(23-21(17)20)16-24-10-12-25(13-11-24)19-6-8-22(9-7-19)27-14-15-28-22/h1-5,19,26H,6-16H2. The van der Waals surface area contributed by atoms with E-state index in [9.17, 15) is 5.11 Å². The normalized spacial score (nSPS) is 24.3. The quantitative estimate of drug-likeness (QED) is 0.880. The fraction of sp³-hybridized carbons (Fsp3) is 0.591. The van der Waals surface area contributed by atoms with Crippen LogP contribution in [0.15, 0.2) is 30.3 Å². The van der Waals surface area contributed by atoms with Crippen LogP contribution < -0.4 is 0 Å². The van der Waals surface area contributed by atoms with Crippen LogP contribution in [0.2, 0.25) is 0 Å². The highest BCUT2D eigenvalue weighted by Gasteiger charge is 2.41. The minimum absolute atomic E-state index is 0.258. The second-order valence-corrected chi connectivity index (χ2v) is 8.30. The van der Waals surface area contributed by atoms with Gasteiger partial charge in [0.25, 0.3) is 0 Å². The van der Waals surface area contributed by atoms with Crippen molar-refractivity contribution in [3.05, 3.63) is 36.0 Å². The smallest absolute Gasteiger partial charge is 0.168 e. The summed E-state index contributed by atoms with van der Waals surface area (Å²) in [6, 6.07) is 10.3. The van der Waals surface area contributed by atoms with E-state index in [-0.39, 0.29) is 11.5 Å². The number of aromatic nitrogens is 1. The molecule has 2 aromatic rings. The lowest BCUT2D eigenvalue weighted by Gasteiger charge is -2.43. The van der Waals surface area contributed by atoms with Crippen LogP contribution in [0.5, 0.6) is 5.75 Å². The topological polar surface area (TPSA) is 58.1 Å². The summed E-state index contributed by atoms with van der Waals surface area (Å²) in [5, 5.41) is 11.0. The van der Waals surface area contributed by atoms with E-state index in [2.05, 4.69) is 26.9 Å². The summed E-state index contributed by atoms with van der Waals surface area (Å²) in [4.78, 5) is 9.81. The first-order valence-electron chi connectivity index (χ1n) is 10.5. The number of hydrogen-bond donors (Lipinski definition) is 1. The molecule has 28 heavy (non-hydrogen) atoms. The van der Waals surface area contributed by atoms with Crippen molar-refractivity contribution in [1.82, 2.24) is 14.8 Å². The molecule has 3 heterocycles. The molecule has 1 N–H and O–H groups in total. The molecule has 0 unspecified atom stereocenters. The van der Waals surface area contributed by atoms with Crippen molar-refractivity contribution in [2.45, 2.75) is 44.1 Å². The molecule has 2 saturated heterocycles. The molecule has 150 valence electrons. The average molecular weight is 383 g/mol. The molecule has 3 aliphatic rings. The van der Waals surface area contributed by atoms with Crippen molar-refractivity contribution >= 4 is 10.9 Å². The van der Waals surface area contributed by atoms with Crippen molar-refractivity contribution < 1.29 is 14.6 Å². The fourth-order valence-electron chi connectivity index (χ4n) is 4.97. The second-order valence-electron chi connectivity index (χ2n) is 8.30. The number of nitrogens with zero attached hydrogens (tertiary/aromatic N) is 3. The van der Waals surface area contributed by atoms with Crippen LogP contribution in [0.1, 0.15) is 31.4 Å². The number of ether oxygens (including phenoxy) is 2. The molecule has 1 saturated carbocycles. The Morgan fingerprint density at radius 3 is 2.50 bits per heavy atom. The van der Waals surface area contributed by atoms with E-state index >= 15 is 0 Å². The molecular formula is C22H29N3O3. The molecule has 1 aromatic carbocycles. The molecule has 1 spiro atoms. The van der Waals surface area contributed by atoms with E-state index in [4.69, 9.17) is 9.47 Å². The van der Waals surface area contributed by atoms with Gasteiger partial charge in [0.15, 0.2) is 5.79 Å². The Morgan fingerprint density at radius 1 is 1.00 bits per heavy atom. The van der Waals surface area contributed by atoms with Crippen LogP contribution in [0, 0.1) is 0 Å². The van der Waals surface area contributed by atoms with Crippen LogP contribution in [0.4, 0.5) is 0 Å². The number of piperazine rings is 1. The number of hydrogen-bond acceptors (Lipinski definition) is 6. The summed E-state index contributed by atoms with van der Waals surface area (Å²) in [5.74, 6) is 0.000461. The monoisotopic (exact) mass is 383 g/mol. The van der Waals surface area contributed by atoms with Gasteiger partial charge in [-0.15, -0.1) is 0 Å². The van der Waals surface area contributed by atoms with E-state index < -0.39 is 0 Å². The predicted octanol–water partition coefficient (Wildman–Crippen LogP) is 2.74. The van der Waals surface area contributed by atoms with Gasteiger partial charge in [0, 0.05) is 57.0 Å². The number of pyridine rings is 1. The lowest BCUT2D eigenvalue weighted by atomic mass is 9.88. The number of rotatable bonds is 3. The summed E-state index contributed by atoms with van der Waals surface area (Å²) in [6.07, 6.45) is 4.40. The summed E-state index contributed by atoms with van der Waals surface area (Å²) in [7, 11) is 0. The number of para-hydroxylation sites is 1. The Kier molecular flexibility index (Phi) is 4.97. The molecule has 0 radical (unpaired) electrons. The lowest BCUT2D eigenvalue weighted by Crippen LogP contribution is -2.52. The molecule has 2 aliphatic heterocycles. The van der Waals surface area contributed by atoms with Gasteiger partial charge in [-0.1, -0.05) is 18.2 Å². The zero-order valence-corrected chi connectivity index (χ0v) is 16.3. The third-order valence-corrected chi connectivity index (χ3v) is 6.60. The van der Waals surface area contributed by atoms with Gasteiger partial charge in [0.1, 0.15) is 11.3 Å². The van der Waals surface area contributed by atoms with E-state index in [1.54, 1.807) is 6.07 Å². The highest BCUT2D eigenvalue weighted by atomic mass is 16.7. The van der Waals surface area contributed by atoms with Gasteiger partial charge in [-0.25, -0.2) is 4.98 Å². The Bertz CT molecular complexity index is 819. The first-order chi connectivity index (χ1) is 13.7. The molecule has 1 aliphatic carbocycles. The van der Waals surface area contributed by atoms with E-state index in [1.165, 1.54) is 12.8 Å². The minimum atomic E-state index is -0.258. The van der Waals surface area contributed by atoms with Crippen molar-refractivity contribution in [3.8, 4) is 5.75 Å². The summed E-state index contributed by atoms with van der Waals surface area (Å²) in [5.41, 5.74) is 1.73. The van der Waals surface area contributed by atoms with Gasteiger partial charge in [-0.2, -0.15) is 0 Å². The summed E-state index contributed by atoms with van der Waals surface area (Å²) >= 11 is 0. The largest absolute Gasteiger partial charge is 0.506 e. The minimum Gasteiger partial charge on any atom is -0.506 e. The van der Waals surface area contributed by atoms with Gasteiger partial charge in [-0.3, -0.25) is 9.80 Å². The molecule has 0 bridgehead atoms. The van der Waals surface area contributed by atoms with Crippen LogP contribution in [0.25, 0.3) is 10.9 Å². The van der Waals surface area contributed by atoms with Crippen LogP contribution in [0.3, 0.4) is 0 Å². The highest BCUT2D eigenvalue weighted by Crippen LogP contribution is 2.37. The molecule has 6 heteroatoms. The Hall–Kier alpha value is -1.73. The van der Waals surface area contributed by atoms with Gasteiger partial charge in [-0.05, 0) is 25.0 Å². The second kappa shape index (κ2) is 7.59. The van der Waals surface area contributed by atoms with Gasteiger partial charge in [0.2, 0.25) is 0 Å². The average Bonchev–Trinajstić information content (AvgIpc) is 3.18. The molecular weight excluding hydrogens is 354 g/mol. The number of fused-ring (bicyclic) bond motifs is 1. The highest BCUT2D eigenvalue weighted by molar-refractivity contribution is 5.84. The Balaban J connectivity index is 1.15. The van der Waals surface area contributed by atoms with E-state index in [1.807, 2.05) is 12.1 Å². The Morgan fingerprint density at radius 2 is 1.75 bits per heavy atom. The SMILES string of the molecule is Oc1cccc2ccc(CN3CCN(C4CCC5(CC4)OCCO5)CC3)nc12. The summed E-state index contributed by atoms with van der Waals surface area (Å²) < 4.78 is 11.7. The van der Waals surface area contributed by atoms with Crippen molar-refractivity contribution in [3.63, 3.8) is 0 Å². The van der Waals surface area contributed by atoms with Crippen LogP contribution in [-0.2, 0) is 16.0 Å². The maximum atomic E-state index is 10.1. The molecule has 0 atom stereocenters. The first kappa shape index (κ1) is 18.3. The number of benzene rings is 1. The maximum Gasteiger partial charge on any atom is 0.168 e. The molecule has 1 aromatic heterocycles. The first-order valence-corrected chi connectivity index (χ1v) is 10.5. The fourth-order valence-corrected chi connectivity index (χ4v) is 4.97. The van der Waals surface area contributed by atoms with Gasteiger partial charge in [0.05, 0.1) is 18.9 Å². The van der Waals surface area contributed by atoms with Crippen molar-refractivity contribution in [1.29, 1.82) is 0 Å². The lowest BCUT2D eigenvalue weighted by molar-refractivity contribution is -0.184. The van der Waals surface area contributed by atoms with Crippen molar-refractivity contribution in [2.24, 2.45) is 0 Å². The third-order valence-electron chi connectivity index (χ3n) is 6.60. The van der Waals surface area contributed by atoms with Gasteiger partial charge >= 0.3 is 0 Å². The zero-order valence-electron chi connectivity index (χ0n) is 16.3. The zero-order chi connectivity index (χ0) is 19.0. The molecule has 0 amide bonds. The van der Waals surface area contributed by atoms with E-state index in [0.717, 1.165) is 69.9 Å². The molecule has 3 fully saturated rings. The maximum absolute atomic E-state index is 10.1. The van der Waals surface area contributed by atoms with Crippen LogP contribution >= 0.6 is 0 Å². The van der Waals surface area contributed by atoms with Gasteiger partial charge < -0.3 is 14.6 Å². The summed E-state index contributed by atoms with van der Waals surface area (Å²) in [6.45, 7) is 6.70. The van der Waals surface area contributed by atoms with Crippen LogP contribution in [-0.4, -0.2) is 71.1 Å².